The van der Waals surface area contributed by atoms with Gasteiger partial charge in [-0.3, -0.25) is 4.68 Å². The van der Waals surface area contributed by atoms with Gasteiger partial charge in [0.25, 0.3) is 0 Å². The average Bonchev–Trinajstić information content (AvgIpc) is 3.28. The molecule has 160 valence electrons. The largest absolute Gasteiger partial charge is 0.489 e. The van der Waals surface area contributed by atoms with E-state index < -0.39 is 0 Å². The zero-order chi connectivity index (χ0) is 20.2. The van der Waals surface area contributed by atoms with Crippen LogP contribution in [0.1, 0.15) is 24.5 Å². The quantitative estimate of drug-likeness (QED) is 0.182. The number of nitrogens with one attached hydrogen (secondary N) is 2. The summed E-state index contributed by atoms with van der Waals surface area (Å²) < 4.78 is 7.78. The number of nitrogens with zero attached hydrogens (tertiary/aromatic N) is 3. The van der Waals surface area contributed by atoms with Gasteiger partial charge >= 0.3 is 0 Å². The monoisotopic (exact) mass is 519 g/mol. The lowest BCUT2D eigenvalue weighted by atomic mass is 10.2. The van der Waals surface area contributed by atoms with E-state index in [-0.39, 0.29) is 24.0 Å². The fourth-order valence-electron chi connectivity index (χ4n) is 2.82. The van der Waals surface area contributed by atoms with Crippen LogP contribution >= 0.6 is 24.0 Å². The minimum Gasteiger partial charge on any atom is -0.489 e. The Labute approximate surface area is 195 Å². The molecule has 0 aliphatic heterocycles. The lowest BCUT2D eigenvalue weighted by molar-refractivity contribution is 0.306. The van der Waals surface area contributed by atoms with E-state index in [4.69, 9.17) is 4.74 Å². The standard InChI is InChI=1S/C23H29N5O.HI/c1-2-24-23(25-14-6-16-28-17-7-15-27-28)26-18-20-10-12-22(13-11-20)29-19-21-8-4-3-5-9-21;/h3-5,7-13,15,17H,2,6,14,16,18-19H2,1H3,(H2,24,25,26);1H. The third-order valence-corrected chi connectivity index (χ3v) is 4.35. The van der Waals surface area contributed by atoms with Crippen LogP contribution in [0, 0.1) is 0 Å². The molecule has 7 heteroatoms. The minimum absolute atomic E-state index is 0. The molecule has 0 fully saturated rings. The number of aryl methyl sites for hydroxylation is 1. The number of benzene rings is 2. The van der Waals surface area contributed by atoms with E-state index >= 15 is 0 Å². The molecule has 0 saturated carbocycles. The fraction of sp³-hybridized carbons (Fsp3) is 0.304. The molecule has 0 aliphatic carbocycles. The molecule has 2 aromatic carbocycles. The van der Waals surface area contributed by atoms with Crippen LogP contribution in [0.3, 0.4) is 0 Å². The third-order valence-electron chi connectivity index (χ3n) is 4.35. The summed E-state index contributed by atoms with van der Waals surface area (Å²) in [6.07, 6.45) is 4.77. The van der Waals surface area contributed by atoms with E-state index in [9.17, 15) is 0 Å². The Balaban J connectivity index is 0.00000320. The summed E-state index contributed by atoms with van der Waals surface area (Å²) in [5.41, 5.74) is 2.31. The van der Waals surface area contributed by atoms with Crippen molar-refractivity contribution < 1.29 is 4.74 Å². The fourth-order valence-corrected chi connectivity index (χ4v) is 2.82. The van der Waals surface area contributed by atoms with E-state index in [1.165, 1.54) is 0 Å². The molecule has 0 bridgehead atoms. The molecule has 3 rings (SSSR count). The second-order valence-corrected chi connectivity index (χ2v) is 6.66. The van der Waals surface area contributed by atoms with Crippen molar-refractivity contribution in [3.63, 3.8) is 0 Å². The van der Waals surface area contributed by atoms with Crippen LogP contribution in [0.15, 0.2) is 78.0 Å². The van der Waals surface area contributed by atoms with Crippen molar-refractivity contribution in [3.8, 4) is 5.75 Å². The number of guanidine groups is 1. The zero-order valence-corrected chi connectivity index (χ0v) is 19.7. The third kappa shape index (κ3) is 8.44. The normalized spacial score (nSPS) is 10.9. The van der Waals surface area contributed by atoms with Gasteiger partial charge in [-0.15, -0.1) is 24.0 Å². The van der Waals surface area contributed by atoms with Crippen LogP contribution in [0.2, 0.25) is 0 Å². The molecule has 0 radical (unpaired) electrons. The van der Waals surface area contributed by atoms with Crippen molar-refractivity contribution in [2.75, 3.05) is 13.1 Å². The first kappa shape index (κ1) is 23.7. The van der Waals surface area contributed by atoms with E-state index in [0.717, 1.165) is 48.9 Å². The van der Waals surface area contributed by atoms with Gasteiger partial charge in [-0.2, -0.15) is 5.10 Å². The Morgan fingerprint density at radius 3 is 2.50 bits per heavy atom. The van der Waals surface area contributed by atoms with E-state index in [1.807, 2.05) is 47.3 Å². The van der Waals surface area contributed by atoms with Gasteiger partial charge in [-0.25, -0.2) is 4.99 Å². The average molecular weight is 519 g/mol. The first-order chi connectivity index (χ1) is 14.3. The van der Waals surface area contributed by atoms with Crippen molar-refractivity contribution in [1.82, 2.24) is 20.4 Å². The van der Waals surface area contributed by atoms with Crippen LogP contribution < -0.4 is 15.4 Å². The van der Waals surface area contributed by atoms with Crippen LogP contribution in [-0.2, 0) is 19.7 Å². The van der Waals surface area contributed by atoms with E-state index in [1.54, 1.807) is 6.20 Å². The summed E-state index contributed by atoms with van der Waals surface area (Å²) in [7, 11) is 0. The molecule has 3 aromatic rings. The molecule has 2 N–H and O–H groups in total. The van der Waals surface area contributed by atoms with Gasteiger partial charge in [-0.05, 0) is 42.7 Å². The summed E-state index contributed by atoms with van der Waals surface area (Å²) in [6, 6.07) is 20.2. The Morgan fingerprint density at radius 2 is 1.80 bits per heavy atom. The molecule has 0 spiro atoms. The zero-order valence-electron chi connectivity index (χ0n) is 17.3. The Bertz CT molecular complexity index is 851. The molecule has 0 amide bonds. The van der Waals surface area contributed by atoms with E-state index in [0.29, 0.717) is 13.2 Å². The minimum atomic E-state index is 0. The molecule has 30 heavy (non-hydrogen) atoms. The maximum absolute atomic E-state index is 5.84. The van der Waals surface area contributed by atoms with Gasteiger partial charge in [0, 0.05) is 32.0 Å². The first-order valence-corrected chi connectivity index (χ1v) is 10.1. The highest BCUT2D eigenvalue weighted by Gasteiger charge is 2.00. The summed E-state index contributed by atoms with van der Waals surface area (Å²) in [5.74, 6) is 1.70. The Morgan fingerprint density at radius 1 is 1.00 bits per heavy atom. The molecular formula is C23H30IN5O. The molecular weight excluding hydrogens is 489 g/mol. The van der Waals surface area contributed by atoms with Crippen LogP contribution in [-0.4, -0.2) is 28.8 Å². The molecule has 0 atom stereocenters. The number of hydrogen-bond donors (Lipinski definition) is 2. The number of aliphatic imine (C=N–C) groups is 1. The lowest BCUT2D eigenvalue weighted by Gasteiger charge is -2.11. The number of hydrogen-bond acceptors (Lipinski definition) is 3. The topological polar surface area (TPSA) is 63.5 Å². The number of ether oxygens (including phenoxy) is 1. The van der Waals surface area contributed by atoms with Crippen LogP contribution in [0.25, 0.3) is 0 Å². The van der Waals surface area contributed by atoms with Gasteiger partial charge < -0.3 is 15.4 Å². The van der Waals surface area contributed by atoms with Crippen LogP contribution in [0.4, 0.5) is 0 Å². The molecule has 0 unspecified atom stereocenters. The second kappa shape index (κ2) is 13.6. The molecule has 6 nitrogen and oxygen atoms in total. The molecule has 0 aliphatic rings. The summed E-state index contributed by atoms with van der Waals surface area (Å²) >= 11 is 0. The van der Waals surface area contributed by atoms with Gasteiger partial charge in [0.05, 0.1) is 6.54 Å². The Hall–Kier alpha value is -2.55. The number of aromatic nitrogens is 2. The maximum atomic E-state index is 5.84. The smallest absolute Gasteiger partial charge is 0.191 e. The first-order valence-electron chi connectivity index (χ1n) is 10.1. The van der Waals surface area contributed by atoms with Crippen LogP contribution in [0.5, 0.6) is 5.75 Å². The summed E-state index contributed by atoms with van der Waals surface area (Å²) in [5, 5.41) is 10.9. The summed E-state index contributed by atoms with van der Waals surface area (Å²) in [4.78, 5) is 4.67. The highest BCUT2D eigenvalue weighted by atomic mass is 127. The van der Waals surface area contributed by atoms with Crippen molar-refractivity contribution >= 4 is 29.9 Å². The van der Waals surface area contributed by atoms with Gasteiger partial charge in [0.1, 0.15) is 12.4 Å². The maximum Gasteiger partial charge on any atom is 0.191 e. The molecule has 0 saturated heterocycles. The van der Waals surface area contributed by atoms with Crippen molar-refractivity contribution in [2.45, 2.75) is 33.0 Å². The summed E-state index contributed by atoms with van der Waals surface area (Å²) in [6.45, 7) is 5.83. The SMILES string of the molecule is CCNC(=NCc1ccc(OCc2ccccc2)cc1)NCCCn1cccn1.I. The van der Waals surface area contributed by atoms with Gasteiger partial charge in [-0.1, -0.05) is 42.5 Å². The predicted molar refractivity (Wildman–Crippen MR) is 132 cm³/mol. The second-order valence-electron chi connectivity index (χ2n) is 6.66. The highest BCUT2D eigenvalue weighted by Crippen LogP contribution is 2.14. The lowest BCUT2D eigenvalue weighted by Crippen LogP contribution is -2.38. The van der Waals surface area contributed by atoms with Gasteiger partial charge in [0.15, 0.2) is 5.96 Å². The van der Waals surface area contributed by atoms with Crippen molar-refractivity contribution in [2.24, 2.45) is 4.99 Å². The van der Waals surface area contributed by atoms with E-state index in [2.05, 4.69) is 51.9 Å². The molecule has 1 heterocycles. The molecule has 1 aromatic heterocycles. The number of halogens is 1. The predicted octanol–water partition coefficient (Wildman–Crippen LogP) is 4.23. The number of rotatable bonds is 10. The highest BCUT2D eigenvalue weighted by molar-refractivity contribution is 14.0. The Kier molecular flexibility index (Phi) is 10.8. The van der Waals surface area contributed by atoms with Gasteiger partial charge in [0.2, 0.25) is 0 Å². The van der Waals surface area contributed by atoms with Crippen molar-refractivity contribution in [1.29, 1.82) is 0 Å². The van der Waals surface area contributed by atoms with Crippen molar-refractivity contribution in [3.05, 3.63) is 84.2 Å².